The Hall–Kier alpha value is -1.98. The maximum atomic E-state index is 5.57. The van der Waals surface area contributed by atoms with Crippen LogP contribution in [0.4, 0.5) is 5.95 Å². The number of anilines is 1. The monoisotopic (exact) mass is 204 g/mol. The molecule has 0 atom stereocenters. The molecule has 0 saturated carbocycles. The lowest BCUT2D eigenvalue weighted by molar-refractivity contribution is 0.798. The molecular formula is C9H12N6. The first kappa shape index (κ1) is 9.57. The summed E-state index contributed by atoms with van der Waals surface area (Å²) in [5.41, 5.74) is 6.38. The fraction of sp³-hybridized carbons (Fsp3) is 0.333. The predicted octanol–water partition coefficient (Wildman–Crippen LogP) is 0.565. The van der Waals surface area contributed by atoms with Gasteiger partial charge in [-0.15, -0.1) is 5.10 Å². The Morgan fingerprint density at radius 3 is 2.40 bits per heavy atom. The Kier molecular flexibility index (Phi) is 2.11. The first-order valence-electron chi connectivity index (χ1n) is 4.58. The standard InChI is InChI=1S/C9H12N6/c1-5-4-8(13-9(10)11-5)15-7(3)12-6(2)14-15/h4H,1-3H3,(H2,10,11,13). The van der Waals surface area contributed by atoms with E-state index in [0.29, 0.717) is 11.6 Å². The second-order valence-corrected chi connectivity index (χ2v) is 3.34. The highest BCUT2D eigenvalue weighted by atomic mass is 15.4. The summed E-state index contributed by atoms with van der Waals surface area (Å²) in [6, 6.07) is 1.82. The minimum absolute atomic E-state index is 0.248. The van der Waals surface area contributed by atoms with Crippen LogP contribution >= 0.6 is 0 Å². The van der Waals surface area contributed by atoms with Crippen LogP contribution in [0.5, 0.6) is 0 Å². The minimum atomic E-state index is 0.248. The van der Waals surface area contributed by atoms with Crippen molar-refractivity contribution in [3.8, 4) is 5.82 Å². The molecule has 2 rings (SSSR count). The van der Waals surface area contributed by atoms with Crippen LogP contribution in [-0.4, -0.2) is 24.7 Å². The fourth-order valence-electron chi connectivity index (χ4n) is 1.42. The molecule has 6 heteroatoms. The van der Waals surface area contributed by atoms with Gasteiger partial charge in [0, 0.05) is 11.8 Å². The van der Waals surface area contributed by atoms with Crippen molar-refractivity contribution < 1.29 is 0 Å². The average molecular weight is 204 g/mol. The van der Waals surface area contributed by atoms with Gasteiger partial charge in [0.2, 0.25) is 5.95 Å². The van der Waals surface area contributed by atoms with Crippen molar-refractivity contribution in [1.82, 2.24) is 24.7 Å². The topological polar surface area (TPSA) is 82.5 Å². The van der Waals surface area contributed by atoms with E-state index >= 15 is 0 Å². The van der Waals surface area contributed by atoms with Crippen molar-refractivity contribution >= 4 is 5.95 Å². The summed E-state index contributed by atoms with van der Waals surface area (Å²) in [6.45, 7) is 5.56. The Labute approximate surface area is 87.2 Å². The quantitative estimate of drug-likeness (QED) is 0.734. The number of nitrogens with two attached hydrogens (primary N) is 1. The Bertz CT molecular complexity index is 481. The number of nitrogen functional groups attached to an aromatic ring is 1. The summed E-state index contributed by atoms with van der Waals surface area (Å²) < 4.78 is 1.65. The zero-order chi connectivity index (χ0) is 11.0. The Morgan fingerprint density at radius 1 is 1.13 bits per heavy atom. The second-order valence-electron chi connectivity index (χ2n) is 3.34. The molecule has 2 heterocycles. The van der Waals surface area contributed by atoms with Crippen LogP contribution in [0.3, 0.4) is 0 Å². The van der Waals surface area contributed by atoms with E-state index < -0.39 is 0 Å². The highest BCUT2D eigenvalue weighted by Gasteiger charge is 2.07. The highest BCUT2D eigenvalue weighted by Crippen LogP contribution is 2.09. The van der Waals surface area contributed by atoms with E-state index in [2.05, 4.69) is 20.1 Å². The third-order valence-electron chi connectivity index (χ3n) is 1.95. The molecule has 0 aromatic carbocycles. The molecule has 0 fully saturated rings. The lowest BCUT2D eigenvalue weighted by Crippen LogP contribution is -2.06. The van der Waals surface area contributed by atoms with Gasteiger partial charge < -0.3 is 5.73 Å². The summed E-state index contributed by atoms with van der Waals surface area (Å²) in [4.78, 5) is 12.3. The number of hydrogen-bond donors (Lipinski definition) is 1. The van der Waals surface area contributed by atoms with Gasteiger partial charge in [-0.3, -0.25) is 0 Å². The Balaban J connectivity index is 2.58. The van der Waals surface area contributed by atoms with E-state index in [1.165, 1.54) is 0 Å². The first-order chi connectivity index (χ1) is 7.06. The first-order valence-corrected chi connectivity index (χ1v) is 4.58. The Morgan fingerprint density at radius 2 is 1.87 bits per heavy atom. The molecular weight excluding hydrogens is 192 g/mol. The van der Waals surface area contributed by atoms with Crippen LogP contribution in [0.1, 0.15) is 17.3 Å². The average Bonchev–Trinajstić information content (AvgIpc) is 2.43. The van der Waals surface area contributed by atoms with Gasteiger partial charge in [0.15, 0.2) is 5.82 Å². The number of hydrogen-bond acceptors (Lipinski definition) is 5. The van der Waals surface area contributed by atoms with Gasteiger partial charge in [0.1, 0.15) is 11.6 Å². The molecule has 0 aliphatic heterocycles. The zero-order valence-corrected chi connectivity index (χ0v) is 8.89. The van der Waals surface area contributed by atoms with E-state index in [0.717, 1.165) is 11.5 Å². The molecule has 2 aromatic rings. The lowest BCUT2D eigenvalue weighted by atomic mass is 10.4. The van der Waals surface area contributed by atoms with Gasteiger partial charge in [0.25, 0.3) is 0 Å². The maximum absolute atomic E-state index is 5.57. The molecule has 0 aliphatic carbocycles. The summed E-state index contributed by atoms with van der Waals surface area (Å²) in [6.07, 6.45) is 0. The smallest absolute Gasteiger partial charge is 0.222 e. The molecule has 0 radical (unpaired) electrons. The van der Waals surface area contributed by atoms with Crippen molar-refractivity contribution in [2.45, 2.75) is 20.8 Å². The second kappa shape index (κ2) is 3.30. The summed E-state index contributed by atoms with van der Waals surface area (Å²) in [7, 11) is 0. The maximum Gasteiger partial charge on any atom is 0.222 e. The van der Waals surface area contributed by atoms with E-state index in [1.807, 2.05) is 26.8 Å². The lowest BCUT2D eigenvalue weighted by Gasteiger charge is -2.03. The van der Waals surface area contributed by atoms with Gasteiger partial charge in [-0.1, -0.05) is 0 Å². The largest absolute Gasteiger partial charge is 0.368 e. The van der Waals surface area contributed by atoms with Gasteiger partial charge in [0.05, 0.1) is 0 Å². The van der Waals surface area contributed by atoms with Crippen LogP contribution in [0, 0.1) is 20.8 Å². The normalized spacial score (nSPS) is 10.6. The van der Waals surface area contributed by atoms with E-state index in [1.54, 1.807) is 4.68 Å². The van der Waals surface area contributed by atoms with Crippen molar-refractivity contribution in [2.24, 2.45) is 0 Å². The van der Waals surface area contributed by atoms with Crippen LogP contribution in [0.2, 0.25) is 0 Å². The SMILES string of the molecule is Cc1cc(-n2nc(C)nc2C)nc(N)n1. The molecule has 6 nitrogen and oxygen atoms in total. The molecule has 2 N–H and O–H groups in total. The van der Waals surface area contributed by atoms with Crippen molar-refractivity contribution in [3.05, 3.63) is 23.4 Å². The highest BCUT2D eigenvalue weighted by molar-refractivity contribution is 5.31. The molecule has 15 heavy (non-hydrogen) atoms. The van der Waals surface area contributed by atoms with E-state index in [-0.39, 0.29) is 5.95 Å². The number of rotatable bonds is 1. The van der Waals surface area contributed by atoms with Gasteiger partial charge in [-0.25, -0.2) is 9.97 Å². The van der Waals surface area contributed by atoms with Crippen LogP contribution in [0.25, 0.3) is 5.82 Å². The van der Waals surface area contributed by atoms with Crippen LogP contribution in [0.15, 0.2) is 6.07 Å². The van der Waals surface area contributed by atoms with Gasteiger partial charge in [-0.05, 0) is 20.8 Å². The molecule has 0 amide bonds. The third-order valence-corrected chi connectivity index (χ3v) is 1.95. The summed E-state index contributed by atoms with van der Waals surface area (Å²) in [5, 5.41) is 4.22. The zero-order valence-electron chi connectivity index (χ0n) is 8.89. The van der Waals surface area contributed by atoms with Crippen molar-refractivity contribution in [1.29, 1.82) is 0 Å². The van der Waals surface area contributed by atoms with Gasteiger partial charge >= 0.3 is 0 Å². The number of aromatic nitrogens is 5. The molecule has 0 saturated heterocycles. The molecule has 2 aromatic heterocycles. The van der Waals surface area contributed by atoms with Crippen molar-refractivity contribution in [3.63, 3.8) is 0 Å². The molecule has 0 bridgehead atoms. The third kappa shape index (κ3) is 1.78. The summed E-state index contributed by atoms with van der Waals surface area (Å²) in [5.74, 6) is 2.39. The molecule has 0 unspecified atom stereocenters. The predicted molar refractivity (Wildman–Crippen MR) is 55.6 cm³/mol. The fourth-order valence-corrected chi connectivity index (χ4v) is 1.42. The van der Waals surface area contributed by atoms with Crippen LogP contribution < -0.4 is 5.73 Å². The van der Waals surface area contributed by atoms with Crippen LogP contribution in [-0.2, 0) is 0 Å². The van der Waals surface area contributed by atoms with E-state index in [4.69, 9.17) is 5.73 Å². The molecule has 0 spiro atoms. The van der Waals surface area contributed by atoms with Gasteiger partial charge in [-0.2, -0.15) is 9.67 Å². The van der Waals surface area contributed by atoms with Crippen molar-refractivity contribution in [2.75, 3.05) is 5.73 Å². The number of nitrogens with zero attached hydrogens (tertiary/aromatic N) is 5. The minimum Gasteiger partial charge on any atom is -0.368 e. The molecule has 78 valence electrons. The summed E-state index contributed by atoms with van der Waals surface area (Å²) >= 11 is 0. The number of aryl methyl sites for hydroxylation is 3. The molecule has 0 aliphatic rings. The van der Waals surface area contributed by atoms with E-state index in [9.17, 15) is 0 Å².